The van der Waals surface area contributed by atoms with Crippen LogP contribution in [0.3, 0.4) is 0 Å². The standard InChI is InChI=1S/C21H21N3O5S/c1-23(30(2,28)29)16-9-7-15(8-10-16)18(25)13-24-19(26)21(22-20(24)27)12-11-14-5-3-4-6-17(14)21/h3-10H,11-13H2,1-2H3,(H,22,27). The molecular formula is C21H21N3O5S. The number of Topliss-reactive ketones (excluding diaryl/α,β-unsaturated/α-hetero) is 1. The van der Waals surface area contributed by atoms with Crippen LogP contribution >= 0.6 is 0 Å². The van der Waals surface area contributed by atoms with Gasteiger partial charge in [-0.2, -0.15) is 0 Å². The Labute approximate surface area is 174 Å². The molecule has 2 aromatic carbocycles. The zero-order valence-corrected chi connectivity index (χ0v) is 17.4. The van der Waals surface area contributed by atoms with Crippen molar-refractivity contribution in [3.8, 4) is 0 Å². The van der Waals surface area contributed by atoms with Gasteiger partial charge in [-0.1, -0.05) is 24.3 Å². The Morgan fingerprint density at radius 2 is 1.80 bits per heavy atom. The van der Waals surface area contributed by atoms with E-state index in [4.69, 9.17) is 0 Å². The third kappa shape index (κ3) is 3.15. The van der Waals surface area contributed by atoms with E-state index in [2.05, 4.69) is 5.32 Å². The van der Waals surface area contributed by atoms with Crippen LogP contribution in [0.5, 0.6) is 0 Å². The average Bonchev–Trinajstić information content (AvgIpc) is 3.20. The van der Waals surface area contributed by atoms with Gasteiger partial charge in [-0.25, -0.2) is 13.2 Å². The molecule has 0 bridgehead atoms. The third-order valence-corrected chi connectivity index (χ3v) is 6.98. The fourth-order valence-corrected chi connectivity index (χ4v) is 4.52. The number of nitrogens with one attached hydrogen (secondary N) is 1. The number of sulfonamides is 1. The van der Waals surface area contributed by atoms with Crippen LogP contribution in [0, 0.1) is 0 Å². The summed E-state index contributed by atoms with van der Waals surface area (Å²) in [6, 6.07) is 12.9. The maximum atomic E-state index is 13.1. The van der Waals surface area contributed by atoms with Crippen molar-refractivity contribution in [3.05, 3.63) is 65.2 Å². The fraction of sp³-hybridized carbons (Fsp3) is 0.286. The van der Waals surface area contributed by atoms with Crippen molar-refractivity contribution < 1.29 is 22.8 Å². The summed E-state index contributed by atoms with van der Waals surface area (Å²) in [4.78, 5) is 39.4. The van der Waals surface area contributed by atoms with Crippen LogP contribution in [0.25, 0.3) is 0 Å². The number of carbonyl (C=O) groups excluding carboxylic acids is 3. The van der Waals surface area contributed by atoms with Crippen LogP contribution in [0.1, 0.15) is 27.9 Å². The molecule has 0 aromatic heterocycles. The SMILES string of the molecule is CN(c1ccc(C(=O)CN2C(=O)NC3(CCc4ccccc43)C2=O)cc1)S(C)(=O)=O. The first-order chi connectivity index (χ1) is 14.1. The molecule has 30 heavy (non-hydrogen) atoms. The summed E-state index contributed by atoms with van der Waals surface area (Å²) in [6.45, 7) is -0.379. The van der Waals surface area contributed by atoms with Gasteiger partial charge in [0.05, 0.1) is 18.5 Å². The number of hydrogen-bond donors (Lipinski definition) is 1. The smallest absolute Gasteiger partial charge is 0.319 e. The number of fused-ring (bicyclic) bond motifs is 2. The number of ketones is 1. The first kappa shape index (κ1) is 20.1. The van der Waals surface area contributed by atoms with Gasteiger partial charge in [0.2, 0.25) is 10.0 Å². The Morgan fingerprint density at radius 3 is 2.47 bits per heavy atom. The van der Waals surface area contributed by atoms with Crippen molar-refractivity contribution >= 4 is 33.4 Å². The molecule has 1 aliphatic carbocycles. The van der Waals surface area contributed by atoms with Gasteiger partial charge >= 0.3 is 6.03 Å². The van der Waals surface area contributed by atoms with Crippen LogP contribution in [-0.2, 0) is 26.8 Å². The van der Waals surface area contributed by atoms with E-state index >= 15 is 0 Å². The molecule has 1 spiro atoms. The van der Waals surface area contributed by atoms with E-state index in [-0.39, 0.29) is 12.1 Å². The second-order valence-electron chi connectivity index (χ2n) is 7.58. The molecule has 1 N–H and O–H groups in total. The molecule has 4 rings (SSSR count). The maximum absolute atomic E-state index is 13.1. The lowest BCUT2D eigenvalue weighted by molar-refractivity contribution is -0.131. The molecule has 2 aromatic rings. The van der Waals surface area contributed by atoms with Crippen molar-refractivity contribution in [1.82, 2.24) is 10.2 Å². The highest BCUT2D eigenvalue weighted by atomic mass is 32.2. The first-order valence-corrected chi connectivity index (χ1v) is 11.3. The number of rotatable bonds is 5. The third-order valence-electron chi connectivity index (χ3n) is 5.77. The molecule has 1 saturated heterocycles. The first-order valence-electron chi connectivity index (χ1n) is 9.43. The molecule has 1 atom stereocenters. The number of anilines is 1. The van der Waals surface area contributed by atoms with E-state index in [1.807, 2.05) is 24.3 Å². The van der Waals surface area contributed by atoms with Crippen molar-refractivity contribution in [3.63, 3.8) is 0 Å². The molecule has 3 amide bonds. The number of imide groups is 1. The van der Waals surface area contributed by atoms with E-state index < -0.39 is 33.3 Å². The van der Waals surface area contributed by atoms with Gasteiger partial charge in [0, 0.05) is 12.6 Å². The summed E-state index contributed by atoms with van der Waals surface area (Å²) in [6.07, 6.45) is 2.23. The molecule has 0 saturated carbocycles. The summed E-state index contributed by atoms with van der Waals surface area (Å²) in [7, 11) is -2.00. The molecule has 1 heterocycles. The largest absolute Gasteiger partial charge is 0.325 e. The Kier molecular flexibility index (Phi) is 4.65. The van der Waals surface area contributed by atoms with E-state index in [0.717, 1.165) is 26.6 Å². The Balaban J connectivity index is 1.53. The van der Waals surface area contributed by atoms with Gasteiger partial charge in [-0.05, 0) is 48.2 Å². The van der Waals surface area contributed by atoms with Crippen molar-refractivity contribution in [2.75, 3.05) is 24.2 Å². The number of carbonyl (C=O) groups is 3. The number of amides is 3. The second-order valence-corrected chi connectivity index (χ2v) is 9.60. The highest BCUT2D eigenvalue weighted by Crippen LogP contribution is 2.41. The minimum Gasteiger partial charge on any atom is -0.319 e. The maximum Gasteiger partial charge on any atom is 0.325 e. The lowest BCUT2D eigenvalue weighted by Gasteiger charge is -2.22. The average molecular weight is 427 g/mol. The lowest BCUT2D eigenvalue weighted by Crippen LogP contribution is -2.42. The quantitative estimate of drug-likeness (QED) is 0.577. The molecule has 8 nitrogen and oxygen atoms in total. The zero-order valence-electron chi connectivity index (χ0n) is 16.6. The van der Waals surface area contributed by atoms with Gasteiger partial charge < -0.3 is 5.32 Å². The number of urea groups is 1. The predicted molar refractivity (Wildman–Crippen MR) is 111 cm³/mol. The number of aryl methyl sites for hydroxylation is 1. The summed E-state index contributed by atoms with van der Waals surface area (Å²) >= 11 is 0. The van der Waals surface area contributed by atoms with Gasteiger partial charge in [-0.3, -0.25) is 18.8 Å². The van der Waals surface area contributed by atoms with Crippen molar-refractivity contribution in [2.24, 2.45) is 0 Å². The highest BCUT2D eigenvalue weighted by Gasteiger charge is 2.55. The second kappa shape index (κ2) is 6.94. The van der Waals surface area contributed by atoms with Crippen molar-refractivity contribution in [1.29, 1.82) is 0 Å². The Bertz CT molecular complexity index is 1160. The lowest BCUT2D eigenvalue weighted by atomic mass is 9.92. The minimum atomic E-state index is -3.42. The van der Waals surface area contributed by atoms with Crippen molar-refractivity contribution in [2.45, 2.75) is 18.4 Å². The molecule has 156 valence electrons. The molecule has 1 unspecified atom stereocenters. The van der Waals surface area contributed by atoms with E-state index in [9.17, 15) is 22.8 Å². The molecule has 1 fully saturated rings. The fourth-order valence-electron chi connectivity index (χ4n) is 4.02. The van der Waals surface area contributed by atoms with Crippen LogP contribution in [0.2, 0.25) is 0 Å². The number of benzene rings is 2. The van der Waals surface area contributed by atoms with Crippen LogP contribution in [0.15, 0.2) is 48.5 Å². The summed E-state index contributed by atoms with van der Waals surface area (Å²) in [5.74, 6) is -0.824. The van der Waals surface area contributed by atoms with E-state index in [1.165, 1.54) is 31.3 Å². The van der Waals surface area contributed by atoms with Gasteiger partial charge in [0.1, 0.15) is 5.54 Å². The number of hydrogen-bond acceptors (Lipinski definition) is 5. The topological polar surface area (TPSA) is 104 Å². The zero-order chi connectivity index (χ0) is 21.7. The van der Waals surface area contributed by atoms with Crippen LogP contribution < -0.4 is 9.62 Å². The van der Waals surface area contributed by atoms with E-state index in [0.29, 0.717) is 18.5 Å². The van der Waals surface area contributed by atoms with Crippen LogP contribution in [0.4, 0.5) is 10.5 Å². The van der Waals surface area contributed by atoms with Gasteiger partial charge in [0.25, 0.3) is 5.91 Å². The molecule has 0 radical (unpaired) electrons. The minimum absolute atomic E-state index is 0.286. The van der Waals surface area contributed by atoms with Gasteiger partial charge in [-0.15, -0.1) is 0 Å². The monoisotopic (exact) mass is 427 g/mol. The summed E-state index contributed by atoms with van der Waals surface area (Å²) < 4.78 is 24.4. The summed E-state index contributed by atoms with van der Waals surface area (Å²) in [5.41, 5.74) is 1.40. The van der Waals surface area contributed by atoms with E-state index in [1.54, 1.807) is 0 Å². The van der Waals surface area contributed by atoms with Gasteiger partial charge in [0.15, 0.2) is 5.78 Å². The predicted octanol–water partition coefficient (Wildman–Crippen LogP) is 1.66. The molecular weight excluding hydrogens is 406 g/mol. The van der Waals surface area contributed by atoms with Crippen LogP contribution in [-0.4, -0.2) is 50.9 Å². The molecule has 1 aliphatic heterocycles. The Morgan fingerprint density at radius 1 is 1.13 bits per heavy atom. The Hall–Kier alpha value is -3.20. The molecule has 2 aliphatic rings. The summed E-state index contributed by atoms with van der Waals surface area (Å²) in [5, 5.41) is 2.79. The highest BCUT2D eigenvalue weighted by molar-refractivity contribution is 7.92. The molecule has 9 heteroatoms. The number of nitrogens with zero attached hydrogens (tertiary/aromatic N) is 2. The normalized spacial score (nSPS) is 20.4.